The van der Waals surface area contributed by atoms with Crippen molar-refractivity contribution >= 4 is 23.8 Å². The lowest BCUT2D eigenvalue weighted by atomic mass is 10.1. The number of urea groups is 1. The lowest BCUT2D eigenvalue weighted by Gasteiger charge is -2.25. The fourth-order valence-corrected chi connectivity index (χ4v) is 2.33. The maximum absolute atomic E-state index is 11.9. The Balaban J connectivity index is 3.59. The van der Waals surface area contributed by atoms with Gasteiger partial charge in [-0.3, -0.25) is 4.79 Å². The minimum absolute atomic E-state index is 0.0239. The third kappa shape index (κ3) is 9.95. The van der Waals surface area contributed by atoms with E-state index >= 15 is 0 Å². The lowest BCUT2D eigenvalue weighted by molar-refractivity contribution is -0.137. The van der Waals surface area contributed by atoms with Gasteiger partial charge in [0.05, 0.1) is 0 Å². The zero-order chi connectivity index (χ0) is 15.4. The molecule has 0 aromatic carbocycles. The summed E-state index contributed by atoms with van der Waals surface area (Å²) in [6.07, 6.45) is 6.79. The van der Waals surface area contributed by atoms with Gasteiger partial charge in [0, 0.05) is 26.1 Å². The average molecular weight is 304 g/mol. The van der Waals surface area contributed by atoms with Gasteiger partial charge in [0.1, 0.15) is 0 Å². The molecule has 118 valence electrons. The highest BCUT2D eigenvalue weighted by molar-refractivity contribution is 7.98. The summed E-state index contributed by atoms with van der Waals surface area (Å²) in [7, 11) is 1.83. The second-order valence-corrected chi connectivity index (χ2v) is 6.02. The predicted octanol–water partition coefficient (Wildman–Crippen LogP) is 2.80. The van der Waals surface area contributed by atoms with E-state index in [1.807, 2.05) is 7.05 Å². The molecule has 20 heavy (non-hydrogen) atoms. The molecule has 2 N–H and O–H groups in total. The van der Waals surface area contributed by atoms with E-state index in [1.54, 1.807) is 16.7 Å². The molecule has 0 fully saturated rings. The summed E-state index contributed by atoms with van der Waals surface area (Å²) in [4.78, 5) is 23.9. The van der Waals surface area contributed by atoms with Crippen molar-refractivity contribution in [3.8, 4) is 0 Å². The smallest absolute Gasteiger partial charge is 0.317 e. The molecule has 0 heterocycles. The van der Waals surface area contributed by atoms with Crippen LogP contribution in [0, 0.1) is 0 Å². The van der Waals surface area contributed by atoms with E-state index in [4.69, 9.17) is 5.11 Å². The number of nitrogens with zero attached hydrogens (tertiary/aromatic N) is 1. The lowest BCUT2D eigenvalue weighted by Crippen LogP contribution is -2.42. The highest BCUT2D eigenvalue weighted by atomic mass is 32.2. The first-order valence-corrected chi connectivity index (χ1v) is 8.59. The molecule has 2 amide bonds. The molecule has 0 saturated carbocycles. The molecule has 0 aliphatic heterocycles. The van der Waals surface area contributed by atoms with Crippen molar-refractivity contribution in [3.63, 3.8) is 0 Å². The topological polar surface area (TPSA) is 69.6 Å². The number of carboxylic acid groups (broad SMARTS) is 1. The number of amides is 2. The van der Waals surface area contributed by atoms with Crippen molar-refractivity contribution < 1.29 is 14.7 Å². The molecule has 1 atom stereocenters. The second kappa shape index (κ2) is 11.9. The van der Waals surface area contributed by atoms with Crippen molar-refractivity contribution in [2.24, 2.45) is 0 Å². The summed E-state index contributed by atoms with van der Waals surface area (Å²) in [5.74, 6) is 0.321. The molecule has 0 aliphatic carbocycles. The van der Waals surface area contributed by atoms with Crippen LogP contribution in [0.4, 0.5) is 4.79 Å². The van der Waals surface area contributed by atoms with Gasteiger partial charge < -0.3 is 15.3 Å². The van der Waals surface area contributed by atoms with Gasteiger partial charge in [-0.2, -0.15) is 11.8 Å². The van der Waals surface area contributed by atoms with Crippen LogP contribution in [-0.2, 0) is 4.79 Å². The van der Waals surface area contributed by atoms with Gasteiger partial charge in [-0.15, -0.1) is 0 Å². The van der Waals surface area contributed by atoms with E-state index in [0.29, 0.717) is 6.54 Å². The average Bonchev–Trinajstić information content (AvgIpc) is 2.42. The summed E-state index contributed by atoms with van der Waals surface area (Å²) in [5.41, 5.74) is 0. The molecule has 0 aliphatic rings. The molecule has 0 spiro atoms. The fourth-order valence-electron chi connectivity index (χ4n) is 1.76. The third-order valence-electron chi connectivity index (χ3n) is 3.31. The van der Waals surface area contributed by atoms with Gasteiger partial charge in [-0.1, -0.05) is 12.8 Å². The monoisotopic (exact) mass is 304 g/mol. The maximum atomic E-state index is 11.9. The second-order valence-electron chi connectivity index (χ2n) is 5.03. The minimum Gasteiger partial charge on any atom is -0.481 e. The standard InChI is InChI=1S/C14H28N2O3S/c1-12(9-11-20-3)16(2)14(19)15-10-7-5-4-6-8-13(17)18/h12H,4-11H2,1-3H3,(H,15,19)(H,17,18). The van der Waals surface area contributed by atoms with Gasteiger partial charge in [0.25, 0.3) is 0 Å². The number of thioether (sulfide) groups is 1. The molecule has 5 nitrogen and oxygen atoms in total. The molecule has 0 bridgehead atoms. The predicted molar refractivity (Wildman–Crippen MR) is 84.3 cm³/mol. The molecule has 0 radical (unpaired) electrons. The van der Waals surface area contributed by atoms with E-state index in [9.17, 15) is 9.59 Å². The van der Waals surface area contributed by atoms with E-state index in [-0.39, 0.29) is 18.5 Å². The molecule has 0 rings (SSSR count). The van der Waals surface area contributed by atoms with E-state index in [0.717, 1.165) is 37.9 Å². The molecular formula is C14H28N2O3S. The Labute approximate surface area is 126 Å². The number of aliphatic carboxylic acids is 1. The van der Waals surface area contributed by atoms with Gasteiger partial charge in [0.2, 0.25) is 0 Å². The fraction of sp³-hybridized carbons (Fsp3) is 0.857. The number of rotatable bonds is 11. The van der Waals surface area contributed by atoms with Crippen LogP contribution in [0.25, 0.3) is 0 Å². The van der Waals surface area contributed by atoms with Crippen LogP contribution >= 0.6 is 11.8 Å². The van der Waals surface area contributed by atoms with Crippen LogP contribution in [0.15, 0.2) is 0 Å². The van der Waals surface area contributed by atoms with Crippen molar-refractivity contribution in [2.45, 2.75) is 51.5 Å². The van der Waals surface area contributed by atoms with Gasteiger partial charge in [-0.25, -0.2) is 4.79 Å². The molecule has 1 unspecified atom stereocenters. The first kappa shape index (κ1) is 19.1. The Hall–Kier alpha value is -0.910. The van der Waals surface area contributed by atoms with Crippen molar-refractivity contribution in [1.82, 2.24) is 10.2 Å². The summed E-state index contributed by atoms with van der Waals surface area (Å²) in [6, 6.07) is 0.224. The number of carbonyl (C=O) groups excluding carboxylic acids is 1. The highest BCUT2D eigenvalue weighted by Crippen LogP contribution is 2.06. The van der Waals surface area contributed by atoms with E-state index in [1.165, 1.54) is 0 Å². The van der Waals surface area contributed by atoms with Gasteiger partial charge >= 0.3 is 12.0 Å². The number of nitrogens with one attached hydrogen (secondary N) is 1. The van der Waals surface area contributed by atoms with Crippen molar-refractivity contribution in [3.05, 3.63) is 0 Å². The van der Waals surface area contributed by atoms with Gasteiger partial charge in [-0.05, 0) is 38.2 Å². The number of hydrogen-bond donors (Lipinski definition) is 2. The molecule has 6 heteroatoms. The number of carboxylic acids is 1. The Bertz CT molecular complexity index is 288. The zero-order valence-electron chi connectivity index (χ0n) is 12.9. The van der Waals surface area contributed by atoms with Crippen molar-refractivity contribution in [1.29, 1.82) is 0 Å². The molecular weight excluding hydrogens is 276 g/mol. The van der Waals surface area contributed by atoms with Crippen molar-refractivity contribution in [2.75, 3.05) is 25.6 Å². The van der Waals surface area contributed by atoms with Crippen LogP contribution in [-0.4, -0.2) is 53.6 Å². The Morgan fingerprint density at radius 1 is 1.25 bits per heavy atom. The molecule has 0 aromatic heterocycles. The minimum atomic E-state index is -0.737. The summed E-state index contributed by atoms with van der Waals surface area (Å²) in [5, 5.41) is 11.4. The number of hydrogen-bond acceptors (Lipinski definition) is 3. The first-order valence-electron chi connectivity index (χ1n) is 7.20. The number of unbranched alkanes of at least 4 members (excludes halogenated alkanes) is 3. The molecule has 0 aromatic rings. The highest BCUT2D eigenvalue weighted by Gasteiger charge is 2.14. The Morgan fingerprint density at radius 3 is 2.50 bits per heavy atom. The first-order chi connectivity index (χ1) is 9.49. The van der Waals surface area contributed by atoms with Crippen LogP contribution < -0.4 is 5.32 Å². The Kier molecular flexibility index (Phi) is 11.3. The number of carbonyl (C=O) groups is 2. The van der Waals surface area contributed by atoms with Crippen LogP contribution in [0.1, 0.15) is 45.4 Å². The van der Waals surface area contributed by atoms with E-state index < -0.39 is 5.97 Å². The third-order valence-corrected chi connectivity index (χ3v) is 3.96. The summed E-state index contributed by atoms with van der Waals surface area (Å²) < 4.78 is 0. The molecule has 0 saturated heterocycles. The zero-order valence-corrected chi connectivity index (χ0v) is 13.7. The summed E-state index contributed by atoms with van der Waals surface area (Å²) in [6.45, 7) is 2.72. The van der Waals surface area contributed by atoms with Crippen LogP contribution in [0.5, 0.6) is 0 Å². The van der Waals surface area contributed by atoms with Crippen LogP contribution in [0.3, 0.4) is 0 Å². The normalized spacial score (nSPS) is 11.9. The maximum Gasteiger partial charge on any atom is 0.317 e. The summed E-state index contributed by atoms with van der Waals surface area (Å²) >= 11 is 1.79. The Morgan fingerprint density at radius 2 is 1.90 bits per heavy atom. The quantitative estimate of drug-likeness (QED) is 0.576. The largest absolute Gasteiger partial charge is 0.481 e. The van der Waals surface area contributed by atoms with Crippen LogP contribution in [0.2, 0.25) is 0 Å². The van der Waals surface area contributed by atoms with Gasteiger partial charge in [0.15, 0.2) is 0 Å². The SMILES string of the molecule is CSCCC(C)N(C)C(=O)NCCCCCCC(=O)O. The van der Waals surface area contributed by atoms with E-state index in [2.05, 4.69) is 18.5 Å².